The number of ether oxygens (including phenoxy) is 1. The van der Waals surface area contributed by atoms with Gasteiger partial charge in [0.05, 0.1) is 16.1 Å². The molecule has 0 saturated heterocycles. The molecule has 0 saturated carbocycles. The zero-order chi connectivity index (χ0) is 17.9. The van der Waals surface area contributed by atoms with Crippen LogP contribution in [0.4, 0.5) is 0 Å². The molecule has 7 heteroatoms. The fourth-order valence-electron chi connectivity index (χ4n) is 1.74. The van der Waals surface area contributed by atoms with Crippen LogP contribution in [-0.2, 0) is 18.4 Å². The molecule has 0 aromatic heterocycles. The molecule has 0 N–H and O–H groups in total. The zero-order valence-electron chi connectivity index (χ0n) is 15.1. The van der Waals surface area contributed by atoms with Gasteiger partial charge in [-0.2, -0.15) is 0 Å². The molecule has 0 rings (SSSR count). The summed E-state index contributed by atoms with van der Waals surface area (Å²) in [5.74, 6) is -0.436. The van der Waals surface area contributed by atoms with Crippen LogP contribution in [0.3, 0.4) is 0 Å². The summed E-state index contributed by atoms with van der Waals surface area (Å²) in [5.41, 5.74) is 3.88. The topological polar surface area (TPSA) is 44.8 Å². The van der Waals surface area contributed by atoms with E-state index in [0.717, 1.165) is 18.9 Å². The van der Waals surface area contributed by atoms with Gasteiger partial charge in [0.25, 0.3) is 0 Å². The lowest BCUT2D eigenvalue weighted by molar-refractivity contribution is -0.137. The van der Waals surface area contributed by atoms with Crippen LogP contribution in [0.1, 0.15) is 12.8 Å². The molecule has 0 fully saturated rings. The van der Waals surface area contributed by atoms with Gasteiger partial charge in [-0.05, 0) is 32.6 Å². The Hall–Kier alpha value is -0.739. The summed E-state index contributed by atoms with van der Waals surface area (Å²) in [7, 11) is -4.27. The van der Waals surface area contributed by atoms with Gasteiger partial charge in [0, 0.05) is 6.08 Å². The number of esters is 1. The van der Waals surface area contributed by atoms with Crippen LogP contribution >= 0.6 is 0 Å². The van der Waals surface area contributed by atoms with Gasteiger partial charge in [-0.25, -0.2) is 4.79 Å². The average molecular weight is 373 g/mol. The monoisotopic (exact) mass is 372 g/mol. The van der Waals surface area contributed by atoms with Crippen LogP contribution in [0, 0.1) is 0 Å². The predicted molar refractivity (Wildman–Crippen MR) is 105 cm³/mol. The van der Waals surface area contributed by atoms with E-state index in [1.807, 2.05) is 11.4 Å². The fourth-order valence-corrected chi connectivity index (χ4v) is 7.97. The number of unbranched alkanes of at least 4 members (excludes halogenated alkanes) is 1. The lowest BCUT2D eigenvalue weighted by Gasteiger charge is -2.32. The number of hydrogen-bond acceptors (Lipinski definition) is 4. The van der Waals surface area contributed by atoms with Crippen molar-refractivity contribution >= 4 is 32.1 Å². The van der Waals surface area contributed by atoms with E-state index >= 15 is 0 Å². The maximum atomic E-state index is 11.0. The molecule has 0 spiro atoms. The number of carbonyl (C=O) groups excluding carboxylic acids is 1. The molecule has 132 valence electrons. The summed E-state index contributed by atoms with van der Waals surface area (Å²) in [6.07, 6.45) is 3.08. The average Bonchev–Trinajstić information content (AvgIpc) is 2.49. The Morgan fingerprint density at radius 3 is 2.00 bits per heavy atom. The van der Waals surface area contributed by atoms with Gasteiger partial charge in [-0.1, -0.05) is 30.4 Å². The van der Waals surface area contributed by atoms with Crippen molar-refractivity contribution in [3.63, 3.8) is 0 Å². The van der Waals surface area contributed by atoms with Crippen molar-refractivity contribution in [1.82, 2.24) is 0 Å². The third-order valence-corrected chi connectivity index (χ3v) is 9.44. The minimum absolute atomic E-state index is 0.0786. The molecule has 0 unspecified atom stereocenters. The van der Waals surface area contributed by atoms with Gasteiger partial charge in [-0.15, -0.1) is 13.2 Å². The molecule has 0 heterocycles. The minimum Gasteiger partial charge on any atom is -0.463 e. The number of rotatable bonds is 13. The Morgan fingerprint density at radius 2 is 1.57 bits per heavy atom. The SMILES string of the molecule is C=CC(=O)OCCCC[SiH2]C(O[Si](C)(C)C=C)O[Si](C)(C)C=C. The van der Waals surface area contributed by atoms with E-state index in [0.29, 0.717) is 6.61 Å². The molecule has 0 atom stereocenters. The Morgan fingerprint density at radius 1 is 1.04 bits per heavy atom. The standard InChI is InChI=1S/C16H32O4Si3/c1-8-15(17)18-13-11-12-14-21-16(19-22(4,5)9-2)20-23(6,7)10-3/h8-10,16H,1-3,11-14,21H2,4-7H3. The maximum Gasteiger partial charge on any atom is 0.330 e. The summed E-state index contributed by atoms with van der Waals surface area (Å²) in [5, 5.41) is 0. The van der Waals surface area contributed by atoms with Crippen molar-refractivity contribution < 1.29 is 18.4 Å². The second-order valence-electron chi connectivity index (χ2n) is 6.50. The molecular formula is C16H32O4Si3. The van der Waals surface area contributed by atoms with Crippen LogP contribution in [0.5, 0.6) is 0 Å². The molecule has 4 nitrogen and oxygen atoms in total. The van der Waals surface area contributed by atoms with Crippen LogP contribution in [0.2, 0.25) is 32.2 Å². The summed E-state index contributed by atoms with van der Waals surface area (Å²) >= 11 is 0. The van der Waals surface area contributed by atoms with E-state index in [2.05, 4.69) is 45.9 Å². The smallest absolute Gasteiger partial charge is 0.330 e. The van der Waals surface area contributed by atoms with Crippen molar-refractivity contribution in [3.8, 4) is 0 Å². The highest BCUT2D eigenvalue weighted by Crippen LogP contribution is 2.16. The molecule has 0 aromatic rings. The Kier molecular flexibility index (Phi) is 10.6. The first-order valence-corrected chi connectivity index (χ1v) is 15.9. The summed E-state index contributed by atoms with van der Waals surface area (Å²) < 4.78 is 17.4. The van der Waals surface area contributed by atoms with E-state index in [-0.39, 0.29) is 11.9 Å². The Balaban J connectivity index is 4.31. The normalized spacial score (nSPS) is 12.6. The third-order valence-electron chi connectivity index (χ3n) is 3.35. The van der Waals surface area contributed by atoms with E-state index < -0.39 is 26.2 Å². The van der Waals surface area contributed by atoms with Crippen molar-refractivity contribution in [2.24, 2.45) is 0 Å². The summed E-state index contributed by atoms with van der Waals surface area (Å²) in [4.78, 5) is 11.0. The van der Waals surface area contributed by atoms with Crippen LogP contribution in [0.25, 0.3) is 0 Å². The Bertz CT molecular complexity index is 386. The summed E-state index contributed by atoms with van der Waals surface area (Å²) in [6.45, 7) is 20.1. The van der Waals surface area contributed by atoms with Crippen molar-refractivity contribution in [3.05, 3.63) is 37.2 Å². The lowest BCUT2D eigenvalue weighted by Crippen LogP contribution is -2.44. The maximum absolute atomic E-state index is 11.0. The molecule has 0 aliphatic rings. The second-order valence-corrected chi connectivity index (χ2v) is 16.2. The molecular weight excluding hydrogens is 340 g/mol. The van der Waals surface area contributed by atoms with Crippen LogP contribution in [0.15, 0.2) is 37.2 Å². The third kappa shape index (κ3) is 11.4. The highest BCUT2D eigenvalue weighted by atomic mass is 28.4. The zero-order valence-corrected chi connectivity index (χ0v) is 18.5. The lowest BCUT2D eigenvalue weighted by atomic mass is 10.4. The molecule has 0 aromatic carbocycles. The highest BCUT2D eigenvalue weighted by Gasteiger charge is 2.28. The molecule has 0 radical (unpaired) electrons. The van der Waals surface area contributed by atoms with E-state index in [1.165, 1.54) is 6.08 Å². The van der Waals surface area contributed by atoms with Gasteiger partial charge >= 0.3 is 5.97 Å². The number of carbonyl (C=O) groups is 1. The number of hydrogen-bond donors (Lipinski definition) is 0. The van der Waals surface area contributed by atoms with Gasteiger partial charge in [-0.3, -0.25) is 0 Å². The van der Waals surface area contributed by atoms with Crippen molar-refractivity contribution in [2.45, 2.75) is 51.0 Å². The first-order chi connectivity index (χ1) is 10.7. The van der Waals surface area contributed by atoms with E-state index in [1.54, 1.807) is 0 Å². The van der Waals surface area contributed by atoms with Crippen LogP contribution in [-0.4, -0.2) is 44.6 Å². The van der Waals surface area contributed by atoms with Gasteiger partial charge in [0.15, 0.2) is 0 Å². The minimum atomic E-state index is -1.87. The molecule has 0 bridgehead atoms. The van der Waals surface area contributed by atoms with E-state index in [4.69, 9.17) is 13.6 Å². The molecule has 0 aliphatic carbocycles. The van der Waals surface area contributed by atoms with E-state index in [9.17, 15) is 4.79 Å². The van der Waals surface area contributed by atoms with Gasteiger partial charge in [0.2, 0.25) is 16.6 Å². The van der Waals surface area contributed by atoms with Gasteiger partial charge < -0.3 is 13.6 Å². The molecule has 23 heavy (non-hydrogen) atoms. The van der Waals surface area contributed by atoms with Crippen molar-refractivity contribution in [2.75, 3.05) is 6.61 Å². The first kappa shape index (κ1) is 22.3. The second kappa shape index (κ2) is 10.9. The van der Waals surface area contributed by atoms with Crippen molar-refractivity contribution in [1.29, 1.82) is 0 Å². The fraction of sp³-hybridized carbons (Fsp3) is 0.562. The quantitative estimate of drug-likeness (QED) is 0.164. The van der Waals surface area contributed by atoms with Gasteiger partial charge in [0.1, 0.15) is 5.91 Å². The molecule has 0 aliphatic heterocycles. The Labute approximate surface area is 145 Å². The van der Waals surface area contributed by atoms with Crippen LogP contribution < -0.4 is 0 Å². The first-order valence-electron chi connectivity index (χ1n) is 8.08. The molecule has 0 amide bonds. The predicted octanol–water partition coefficient (Wildman–Crippen LogP) is 3.26. The highest BCUT2D eigenvalue weighted by molar-refractivity contribution is 6.77. The summed E-state index contributed by atoms with van der Waals surface area (Å²) in [6, 6.07) is 1.10. The largest absolute Gasteiger partial charge is 0.463 e.